The first kappa shape index (κ1) is 21.5. The van der Waals surface area contributed by atoms with E-state index in [1.165, 1.54) is 83.5 Å². The lowest BCUT2D eigenvalue weighted by Gasteiger charge is -2.04. The molecule has 1 atom stereocenters. The number of ether oxygens (including phenoxy) is 2. The summed E-state index contributed by atoms with van der Waals surface area (Å²) in [4.78, 5) is 11.4. The molecule has 0 aromatic carbocycles. The highest BCUT2D eigenvalue weighted by atomic mass is 16.8. The van der Waals surface area contributed by atoms with Crippen molar-refractivity contribution in [2.75, 3.05) is 13.2 Å². The minimum atomic E-state index is -0.0554. The van der Waals surface area contributed by atoms with E-state index in [1.807, 2.05) is 0 Å². The maximum atomic E-state index is 11.4. The van der Waals surface area contributed by atoms with Gasteiger partial charge in [-0.15, -0.1) is 0 Å². The zero-order chi connectivity index (χ0) is 17.3. The molecule has 1 aliphatic rings. The van der Waals surface area contributed by atoms with Gasteiger partial charge >= 0.3 is 5.97 Å². The molecule has 0 saturated carbocycles. The third kappa shape index (κ3) is 15.0. The van der Waals surface area contributed by atoms with Crippen LogP contribution in [0.2, 0.25) is 0 Å². The molecule has 0 radical (unpaired) electrons. The zero-order valence-electron chi connectivity index (χ0n) is 16.0. The predicted octanol–water partition coefficient (Wildman–Crippen LogP) is 6.19. The summed E-state index contributed by atoms with van der Waals surface area (Å²) >= 11 is 0. The summed E-state index contributed by atoms with van der Waals surface area (Å²) in [6.07, 6.45) is 21.0. The van der Waals surface area contributed by atoms with Crippen LogP contribution in [-0.2, 0) is 14.3 Å². The standard InChI is InChI=1S/C21H40O3/c1-2-3-4-5-6-7-8-9-10-11-12-13-14-15-16-17-21(22)24-19-20-18-23-20/h20H,2-19H2,1H3/i18+1,19+1,20+1. The quantitative estimate of drug-likeness (QED) is 0.129. The number of rotatable bonds is 18. The molecule has 142 valence electrons. The normalized spacial score (nSPS) is 16.3. The Morgan fingerprint density at radius 1 is 0.792 bits per heavy atom. The summed E-state index contributed by atoms with van der Waals surface area (Å²) in [6.45, 7) is 3.49. The molecule has 3 heteroatoms. The fraction of sp³-hybridized carbons (Fsp3) is 0.952. The summed E-state index contributed by atoms with van der Waals surface area (Å²) in [6, 6.07) is 0. The maximum absolute atomic E-state index is 11.4. The molecule has 0 aliphatic carbocycles. The zero-order valence-corrected chi connectivity index (χ0v) is 16.0. The van der Waals surface area contributed by atoms with Crippen molar-refractivity contribution in [2.45, 2.75) is 116 Å². The van der Waals surface area contributed by atoms with Gasteiger partial charge in [-0.2, -0.15) is 0 Å². The van der Waals surface area contributed by atoms with Gasteiger partial charge in [0.2, 0.25) is 0 Å². The van der Waals surface area contributed by atoms with Crippen LogP contribution in [0.4, 0.5) is 0 Å². The molecule has 0 bridgehead atoms. The highest BCUT2D eigenvalue weighted by Gasteiger charge is 2.23. The number of epoxide rings is 1. The van der Waals surface area contributed by atoms with Crippen LogP contribution < -0.4 is 0 Å². The van der Waals surface area contributed by atoms with Gasteiger partial charge in [0.05, 0.1) is 6.61 Å². The monoisotopic (exact) mass is 343 g/mol. The van der Waals surface area contributed by atoms with E-state index in [0.717, 1.165) is 19.4 Å². The minimum absolute atomic E-state index is 0.0554. The Morgan fingerprint density at radius 2 is 1.21 bits per heavy atom. The third-order valence-electron chi connectivity index (χ3n) is 4.82. The van der Waals surface area contributed by atoms with Gasteiger partial charge in [-0.1, -0.05) is 96.8 Å². The summed E-state index contributed by atoms with van der Waals surface area (Å²) in [5.74, 6) is -0.0554. The lowest BCUT2D eigenvalue weighted by atomic mass is 10.0. The Hall–Kier alpha value is -0.570. The minimum Gasteiger partial charge on any atom is -0.463 e. The Balaban J connectivity index is 1.66. The molecule has 0 aromatic rings. The van der Waals surface area contributed by atoms with Crippen LogP contribution in [0, 0.1) is 0 Å². The summed E-state index contributed by atoms with van der Waals surface area (Å²) < 4.78 is 10.1. The van der Waals surface area contributed by atoms with Gasteiger partial charge in [0, 0.05) is 6.42 Å². The molecule has 1 fully saturated rings. The first-order chi connectivity index (χ1) is 11.8. The van der Waals surface area contributed by atoms with Gasteiger partial charge in [-0.25, -0.2) is 0 Å². The SMILES string of the molecule is CCCCCCCCCCCCCCCCCC(=O)O[13CH2][13CH]1[13CH2]O1. The van der Waals surface area contributed by atoms with Crippen LogP contribution in [0.3, 0.4) is 0 Å². The molecular formula is C21H40O3. The van der Waals surface area contributed by atoms with Crippen molar-refractivity contribution in [1.82, 2.24) is 0 Å². The smallest absolute Gasteiger partial charge is 0.305 e. The van der Waals surface area contributed by atoms with Crippen molar-refractivity contribution < 1.29 is 14.3 Å². The first-order valence-corrected chi connectivity index (χ1v) is 10.6. The Kier molecular flexibility index (Phi) is 14.3. The Labute approximate surface area is 149 Å². The third-order valence-corrected chi connectivity index (χ3v) is 4.82. The molecule has 0 amide bonds. The number of esters is 1. The Morgan fingerprint density at radius 3 is 1.62 bits per heavy atom. The molecule has 0 N–H and O–H groups in total. The van der Waals surface area contributed by atoms with E-state index < -0.39 is 0 Å². The average Bonchev–Trinajstić information content (AvgIpc) is 3.41. The fourth-order valence-electron chi connectivity index (χ4n) is 3.06. The molecule has 24 heavy (non-hydrogen) atoms. The van der Waals surface area contributed by atoms with Crippen LogP contribution in [0.1, 0.15) is 110 Å². The van der Waals surface area contributed by atoms with Crippen molar-refractivity contribution in [2.24, 2.45) is 0 Å². The number of carbonyl (C=O) groups is 1. The van der Waals surface area contributed by atoms with E-state index in [4.69, 9.17) is 9.47 Å². The van der Waals surface area contributed by atoms with Crippen LogP contribution in [0.15, 0.2) is 0 Å². The highest BCUT2D eigenvalue weighted by molar-refractivity contribution is 5.69. The van der Waals surface area contributed by atoms with Crippen LogP contribution >= 0.6 is 0 Å². The second-order valence-electron chi connectivity index (χ2n) is 7.34. The van der Waals surface area contributed by atoms with Gasteiger partial charge in [0.1, 0.15) is 12.7 Å². The fourth-order valence-corrected chi connectivity index (χ4v) is 3.06. The number of unbranched alkanes of at least 4 members (excludes halogenated alkanes) is 14. The van der Waals surface area contributed by atoms with E-state index in [2.05, 4.69) is 6.92 Å². The van der Waals surface area contributed by atoms with Crippen molar-refractivity contribution in [1.29, 1.82) is 0 Å². The van der Waals surface area contributed by atoms with E-state index in [-0.39, 0.29) is 12.1 Å². The molecular weight excluding hydrogens is 303 g/mol. The van der Waals surface area contributed by atoms with E-state index in [0.29, 0.717) is 13.0 Å². The van der Waals surface area contributed by atoms with Gasteiger partial charge in [-0.3, -0.25) is 4.79 Å². The summed E-state index contributed by atoms with van der Waals surface area (Å²) in [7, 11) is 0. The molecule has 1 rings (SSSR count). The lowest BCUT2D eigenvalue weighted by Crippen LogP contribution is -2.09. The molecule has 1 unspecified atom stereocenters. The molecule has 1 aliphatic heterocycles. The van der Waals surface area contributed by atoms with Crippen molar-refractivity contribution in [3.63, 3.8) is 0 Å². The molecule has 0 aromatic heterocycles. The summed E-state index contributed by atoms with van der Waals surface area (Å²) in [5, 5.41) is 0. The lowest BCUT2D eigenvalue weighted by molar-refractivity contribution is -0.144. The number of carbonyl (C=O) groups excluding carboxylic acids is 1. The predicted molar refractivity (Wildman–Crippen MR) is 100 cm³/mol. The second kappa shape index (κ2) is 15.9. The second-order valence-corrected chi connectivity index (χ2v) is 7.34. The largest absolute Gasteiger partial charge is 0.463 e. The highest BCUT2D eigenvalue weighted by Crippen LogP contribution is 2.14. The van der Waals surface area contributed by atoms with E-state index in [9.17, 15) is 4.79 Å². The van der Waals surface area contributed by atoms with Gasteiger partial charge in [-0.05, 0) is 6.42 Å². The molecule has 3 nitrogen and oxygen atoms in total. The van der Waals surface area contributed by atoms with Crippen LogP contribution in [0.5, 0.6) is 0 Å². The van der Waals surface area contributed by atoms with Gasteiger partial charge in [0.15, 0.2) is 0 Å². The molecule has 1 heterocycles. The van der Waals surface area contributed by atoms with Gasteiger partial charge in [0.25, 0.3) is 0 Å². The molecule has 1 saturated heterocycles. The number of hydrogen-bond donors (Lipinski definition) is 0. The van der Waals surface area contributed by atoms with Crippen molar-refractivity contribution in [3.8, 4) is 0 Å². The van der Waals surface area contributed by atoms with Crippen LogP contribution in [0.25, 0.3) is 0 Å². The van der Waals surface area contributed by atoms with Crippen LogP contribution in [-0.4, -0.2) is 25.3 Å². The Bertz CT molecular complexity index is 287. The van der Waals surface area contributed by atoms with Crippen molar-refractivity contribution in [3.05, 3.63) is 0 Å². The van der Waals surface area contributed by atoms with E-state index in [1.54, 1.807) is 0 Å². The average molecular weight is 344 g/mol. The molecule has 0 spiro atoms. The summed E-state index contributed by atoms with van der Waals surface area (Å²) in [5.41, 5.74) is 0. The number of hydrogen-bond acceptors (Lipinski definition) is 3. The van der Waals surface area contributed by atoms with Crippen molar-refractivity contribution >= 4 is 5.97 Å². The van der Waals surface area contributed by atoms with E-state index >= 15 is 0 Å². The first-order valence-electron chi connectivity index (χ1n) is 10.6. The van der Waals surface area contributed by atoms with Gasteiger partial charge < -0.3 is 9.47 Å². The topological polar surface area (TPSA) is 38.8 Å². The maximum Gasteiger partial charge on any atom is 0.305 e.